The van der Waals surface area contributed by atoms with Gasteiger partial charge in [0.25, 0.3) is 0 Å². The van der Waals surface area contributed by atoms with Crippen LogP contribution in [-0.2, 0) is 9.59 Å². The molecule has 31 heavy (non-hydrogen) atoms. The molecule has 1 amide bonds. The summed E-state index contributed by atoms with van der Waals surface area (Å²) in [6.07, 6.45) is 4.36. The summed E-state index contributed by atoms with van der Waals surface area (Å²) in [6.45, 7) is 3.35. The van der Waals surface area contributed by atoms with Crippen LogP contribution < -0.4 is 20.2 Å². The maximum Gasteiger partial charge on any atom is 0.228 e. The van der Waals surface area contributed by atoms with Crippen molar-refractivity contribution in [2.75, 3.05) is 41.3 Å². The van der Waals surface area contributed by atoms with Gasteiger partial charge in [0.05, 0.1) is 5.92 Å². The molecule has 0 saturated carbocycles. The van der Waals surface area contributed by atoms with E-state index in [1.165, 1.54) is 12.1 Å². The lowest BCUT2D eigenvalue weighted by Crippen LogP contribution is -2.46. The molecule has 162 valence electrons. The monoisotopic (exact) mass is 422 g/mol. The van der Waals surface area contributed by atoms with Gasteiger partial charge in [-0.1, -0.05) is 12.2 Å². The van der Waals surface area contributed by atoms with E-state index in [0.717, 1.165) is 37.6 Å². The SMILES string of the molecule is O=C([O-])[C@@H]1CC=CC[C@H]1C(=O)Nc1ccc(N2CCN(c3ccc(F)cc3)CC2)cc1. The second kappa shape index (κ2) is 9.20. The van der Waals surface area contributed by atoms with Crippen LogP contribution in [0.4, 0.5) is 21.5 Å². The molecule has 2 atom stereocenters. The van der Waals surface area contributed by atoms with Crippen LogP contribution in [-0.4, -0.2) is 38.1 Å². The molecule has 0 radical (unpaired) electrons. The fourth-order valence-corrected chi connectivity index (χ4v) is 4.23. The van der Waals surface area contributed by atoms with Crippen LogP contribution in [0, 0.1) is 17.7 Å². The highest BCUT2D eigenvalue weighted by Gasteiger charge is 2.29. The number of anilines is 3. The quantitative estimate of drug-likeness (QED) is 0.749. The van der Waals surface area contributed by atoms with E-state index < -0.39 is 17.8 Å². The maximum atomic E-state index is 13.1. The first kappa shape index (κ1) is 20.9. The minimum atomic E-state index is -1.18. The Bertz CT molecular complexity index is 951. The van der Waals surface area contributed by atoms with Crippen molar-refractivity contribution >= 4 is 28.9 Å². The Kier molecular flexibility index (Phi) is 6.21. The zero-order chi connectivity index (χ0) is 21.8. The molecule has 7 heteroatoms. The molecule has 2 aliphatic rings. The summed E-state index contributed by atoms with van der Waals surface area (Å²) in [7, 11) is 0. The molecular formula is C24H25FN3O3-. The highest BCUT2D eigenvalue weighted by atomic mass is 19.1. The summed E-state index contributed by atoms with van der Waals surface area (Å²) in [4.78, 5) is 28.4. The Balaban J connectivity index is 1.33. The fourth-order valence-electron chi connectivity index (χ4n) is 4.23. The number of allylic oxidation sites excluding steroid dienone is 2. The van der Waals surface area contributed by atoms with Gasteiger partial charge in [0, 0.05) is 55.1 Å². The Morgan fingerprint density at radius 1 is 0.806 bits per heavy atom. The molecule has 4 rings (SSSR count). The molecule has 0 spiro atoms. The van der Waals surface area contributed by atoms with Crippen molar-refractivity contribution in [1.29, 1.82) is 0 Å². The van der Waals surface area contributed by atoms with Gasteiger partial charge in [-0.25, -0.2) is 4.39 Å². The minimum absolute atomic E-state index is 0.232. The Morgan fingerprint density at radius 3 is 1.81 bits per heavy atom. The van der Waals surface area contributed by atoms with E-state index in [2.05, 4.69) is 15.1 Å². The number of benzene rings is 2. The predicted octanol–water partition coefficient (Wildman–Crippen LogP) is 2.42. The molecule has 2 aromatic carbocycles. The van der Waals surface area contributed by atoms with Crippen LogP contribution in [0.1, 0.15) is 12.8 Å². The van der Waals surface area contributed by atoms with Crippen molar-refractivity contribution in [2.24, 2.45) is 11.8 Å². The fraction of sp³-hybridized carbons (Fsp3) is 0.333. The largest absolute Gasteiger partial charge is 0.550 e. The number of carboxylic acids is 1. The Morgan fingerprint density at radius 2 is 1.29 bits per heavy atom. The number of hydrogen-bond donors (Lipinski definition) is 1. The molecular weight excluding hydrogens is 397 g/mol. The van der Waals surface area contributed by atoms with Gasteiger partial charge in [-0.2, -0.15) is 0 Å². The summed E-state index contributed by atoms with van der Waals surface area (Å²) in [5.41, 5.74) is 2.72. The topological polar surface area (TPSA) is 75.7 Å². The van der Waals surface area contributed by atoms with Crippen LogP contribution in [0.2, 0.25) is 0 Å². The van der Waals surface area contributed by atoms with E-state index in [1.807, 2.05) is 30.3 Å². The van der Waals surface area contributed by atoms with Gasteiger partial charge >= 0.3 is 0 Å². The Hall–Kier alpha value is -3.35. The molecule has 0 aromatic heterocycles. The van der Waals surface area contributed by atoms with E-state index >= 15 is 0 Å². The summed E-state index contributed by atoms with van der Waals surface area (Å²) < 4.78 is 13.1. The van der Waals surface area contributed by atoms with Crippen molar-refractivity contribution < 1.29 is 19.1 Å². The van der Waals surface area contributed by atoms with Crippen LogP contribution >= 0.6 is 0 Å². The standard InChI is InChI=1S/C24H26FN3O3/c25-17-5-9-19(10-6-17)27-13-15-28(16-14-27)20-11-7-18(8-12-20)26-23(29)21-3-1-2-4-22(21)24(30)31/h1-2,5-12,21-22H,3-4,13-16H2,(H,26,29)(H,30,31)/p-1/t21-,22-/m1/s1. The normalized spacial score (nSPS) is 21.1. The number of carbonyl (C=O) groups excluding carboxylic acids is 2. The van der Waals surface area contributed by atoms with Gasteiger partial charge in [-0.05, 0) is 61.4 Å². The number of aliphatic carboxylic acids is 1. The number of hydrogen-bond acceptors (Lipinski definition) is 5. The summed E-state index contributed by atoms with van der Waals surface area (Å²) in [5, 5.41) is 14.2. The zero-order valence-electron chi connectivity index (χ0n) is 17.2. The van der Waals surface area contributed by atoms with Crippen molar-refractivity contribution in [2.45, 2.75) is 12.8 Å². The summed E-state index contributed by atoms with van der Waals surface area (Å²) in [6, 6.07) is 14.2. The number of piperazine rings is 1. The maximum absolute atomic E-state index is 13.1. The molecule has 1 aliphatic carbocycles. The molecule has 1 N–H and O–H groups in total. The van der Waals surface area contributed by atoms with Crippen LogP contribution in [0.5, 0.6) is 0 Å². The molecule has 2 aromatic rings. The lowest BCUT2D eigenvalue weighted by atomic mass is 9.82. The van der Waals surface area contributed by atoms with Gasteiger partial charge < -0.3 is 25.0 Å². The highest BCUT2D eigenvalue weighted by Crippen LogP contribution is 2.27. The van der Waals surface area contributed by atoms with E-state index in [9.17, 15) is 19.1 Å². The molecule has 1 saturated heterocycles. The second-order valence-electron chi connectivity index (χ2n) is 7.96. The molecule has 0 bridgehead atoms. The predicted molar refractivity (Wildman–Crippen MR) is 116 cm³/mol. The lowest BCUT2D eigenvalue weighted by Gasteiger charge is -2.37. The molecule has 0 unspecified atom stereocenters. The number of nitrogens with zero attached hydrogens (tertiary/aromatic N) is 2. The van der Waals surface area contributed by atoms with Gasteiger partial charge in [-0.15, -0.1) is 0 Å². The average molecular weight is 422 g/mol. The minimum Gasteiger partial charge on any atom is -0.550 e. The number of rotatable bonds is 5. The van der Waals surface area contributed by atoms with E-state index in [1.54, 1.807) is 18.2 Å². The van der Waals surface area contributed by atoms with Gasteiger partial charge in [0.2, 0.25) is 5.91 Å². The number of nitrogens with one attached hydrogen (secondary N) is 1. The van der Waals surface area contributed by atoms with Crippen molar-refractivity contribution in [3.8, 4) is 0 Å². The van der Waals surface area contributed by atoms with Crippen molar-refractivity contribution in [3.63, 3.8) is 0 Å². The zero-order valence-corrected chi connectivity index (χ0v) is 17.2. The first-order valence-electron chi connectivity index (χ1n) is 10.5. The Labute approximate surface area is 181 Å². The second-order valence-corrected chi connectivity index (χ2v) is 7.96. The highest BCUT2D eigenvalue weighted by molar-refractivity contribution is 5.95. The third kappa shape index (κ3) is 4.87. The third-order valence-electron chi connectivity index (χ3n) is 6.04. The lowest BCUT2D eigenvalue weighted by molar-refractivity contribution is -0.313. The number of amides is 1. The summed E-state index contributed by atoms with van der Waals surface area (Å²) >= 11 is 0. The van der Waals surface area contributed by atoms with Crippen molar-refractivity contribution in [3.05, 3.63) is 66.5 Å². The van der Waals surface area contributed by atoms with Gasteiger partial charge in [0.15, 0.2) is 0 Å². The number of halogens is 1. The van der Waals surface area contributed by atoms with E-state index in [-0.39, 0.29) is 11.7 Å². The van der Waals surface area contributed by atoms with Gasteiger partial charge in [0.1, 0.15) is 5.82 Å². The van der Waals surface area contributed by atoms with E-state index in [0.29, 0.717) is 18.5 Å². The molecule has 1 aliphatic heterocycles. The van der Waals surface area contributed by atoms with Gasteiger partial charge in [-0.3, -0.25) is 4.79 Å². The van der Waals surface area contributed by atoms with Crippen molar-refractivity contribution in [1.82, 2.24) is 0 Å². The average Bonchev–Trinajstić information content (AvgIpc) is 2.80. The van der Waals surface area contributed by atoms with Crippen LogP contribution in [0.25, 0.3) is 0 Å². The molecule has 6 nitrogen and oxygen atoms in total. The number of carbonyl (C=O) groups is 2. The van der Waals surface area contributed by atoms with E-state index in [4.69, 9.17) is 0 Å². The van der Waals surface area contributed by atoms with Crippen LogP contribution in [0.3, 0.4) is 0 Å². The third-order valence-corrected chi connectivity index (χ3v) is 6.04. The first-order chi connectivity index (χ1) is 15.0. The van der Waals surface area contributed by atoms with Crippen LogP contribution in [0.15, 0.2) is 60.7 Å². The number of carboxylic acid groups (broad SMARTS) is 1. The first-order valence-corrected chi connectivity index (χ1v) is 10.5. The summed E-state index contributed by atoms with van der Waals surface area (Å²) in [5.74, 6) is -3.11. The molecule has 1 heterocycles. The molecule has 1 fully saturated rings. The smallest absolute Gasteiger partial charge is 0.228 e.